The van der Waals surface area contributed by atoms with Crippen molar-refractivity contribution in [3.8, 4) is 0 Å². The van der Waals surface area contributed by atoms with Gasteiger partial charge in [0.25, 0.3) is 0 Å². The summed E-state index contributed by atoms with van der Waals surface area (Å²) in [7, 11) is 0. The lowest BCUT2D eigenvalue weighted by Gasteiger charge is -2.42. The Morgan fingerprint density at radius 1 is 1.07 bits per heavy atom. The first-order valence-corrected chi connectivity index (χ1v) is 9.62. The lowest BCUT2D eigenvalue weighted by atomic mass is 9.76. The first kappa shape index (κ1) is 18.8. The number of fused-ring (bicyclic) bond motifs is 1. The van der Waals surface area contributed by atoms with E-state index in [4.69, 9.17) is 0 Å². The zero-order chi connectivity index (χ0) is 19.9. The summed E-state index contributed by atoms with van der Waals surface area (Å²) in [5.41, 5.74) is 2.26. The molecule has 2 heterocycles. The standard InChI is InChI=1S/C22H23F3N2O/c1-2-20(28)26-12-11-21(14-26)13-16-5-3-4-6-19(16)27(15-21)18-9-7-17(8-10-18)22(23,24)25/h3-10H,2,11-15H2,1H3/t21-/m0/s1. The van der Waals surface area contributed by atoms with E-state index in [9.17, 15) is 18.0 Å². The zero-order valence-corrected chi connectivity index (χ0v) is 15.8. The van der Waals surface area contributed by atoms with E-state index in [2.05, 4.69) is 11.0 Å². The van der Waals surface area contributed by atoms with E-state index in [0.717, 1.165) is 42.9 Å². The van der Waals surface area contributed by atoms with Crippen molar-refractivity contribution in [1.29, 1.82) is 0 Å². The monoisotopic (exact) mass is 388 g/mol. The summed E-state index contributed by atoms with van der Waals surface area (Å²) in [6.45, 7) is 4.02. The van der Waals surface area contributed by atoms with Crippen molar-refractivity contribution in [2.45, 2.75) is 32.4 Å². The van der Waals surface area contributed by atoms with Gasteiger partial charge in [-0.25, -0.2) is 0 Å². The van der Waals surface area contributed by atoms with Crippen molar-refractivity contribution in [2.24, 2.45) is 5.41 Å². The number of para-hydroxylation sites is 1. The Balaban J connectivity index is 1.68. The van der Waals surface area contributed by atoms with Crippen LogP contribution in [0.3, 0.4) is 0 Å². The second kappa shape index (κ2) is 6.83. The number of nitrogens with zero attached hydrogens (tertiary/aromatic N) is 2. The average molecular weight is 388 g/mol. The second-order valence-electron chi connectivity index (χ2n) is 7.86. The number of halogens is 3. The minimum absolute atomic E-state index is 0.0676. The summed E-state index contributed by atoms with van der Waals surface area (Å²) >= 11 is 0. The number of amides is 1. The number of hydrogen-bond acceptors (Lipinski definition) is 2. The number of likely N-dealkylation sites (tertiary alicyclic amines) is 1. The molecule has 2 aliphatic rings. The Hall–Kier alpha value is -2.50. The topological polar surface area (TPSA) is 23.6 Å². The van der Waals surface area contributed by atoms with Crippen molar-refractivity contribution in [2.75, 3.05) is 24.5 Å². The summed E-state index contributed by atoms with van der Waals surface area (Å²) < 4.78 is 38.8. The second-order valence-corrected chi connectivity index (χ2v) is 7.86. The van der Waals surface area contributed by atoms with E-state index in [1.54, 1.807) is 12.1 Å². The molecule has 3 nitrogen and oxygen atoms in total. The molecule has 1 atom stereocenters. The molecule has 0 N–H and O–H groups in total. The average Bonchev–Trinajstić information content (AvgIpc) is 3.09. The maximum absolute atomic E-state index is 12.9. The van der Waals surface area contributed by atoms with Gasteiger partial charge in [-0.2, -0.15) is 13.2 Å². The van der Waals surface area contributed by atoms with Crippen LogP contribution in [-0.4, -0.2) is 30.4 Å². The molecule has 2 aromatic rings. The normalized spacial score (nSPS) is 21.9. The van der Waals surface area contributed by atoms with E-state index in [1.165, 1.54) is 5.56 Å². The Kier molecular flexibility index (Phi) is 4.60. The van der Waals surface area contributed by atoms with Crippen molar-refractivity contribution < 1.29 is 18.0 Å². The molecule has 148 valence electrons. The van der Waals surface area contributed by atoms with Gasteiger partial charge in [0.15, 0.2) is 0 Å². The Labute approximate surface area is 162 Å². The highest BCUT2D eigenvalue weighted by atomic mass is 19.4. The van der Waals surface area contributed by atoms with Crippen molar-refractivity contribution in [1.82, 2.24) is 4.90 Å². The van der Waals surface area contributed by atoms with Crippen LogP contribution in [0.25, 0.3) is 0 Å². The first-order valence-electron chi connectivity index (χ1n) is 9.62. The summed E-state index contributed by atoms with van der Waals surface area (Å²) in [4.78, 5) is 16.2. The van der Waals surface area contributed by atoms with Gasteiger partial charge in [0, 0.05) is 42.8 Å². The third-order valence-corrected chi connectivity index (χ3v) is 5.94. The molecule has 2 aromatic carbocycles. The van der Waals surface area contributed by atoms with Gasteiger partial charge in [-0.15, -0.1) is 0 Å². The largest absolute Gasteiger partial charge is 0.416 e. The van der Waals surface area contributed by atoms with E-state index in [-0.39, 0.29) is 11.3 Å². The molecule has 4 rings (SSSR count). The number of carbonyl (C=O) groups is 1. The van der Waals surface area contributed by atoms with Gasteiger partial charge in [-0.3, -0.25) is 4.79 Å². The Morgan fingerprint density at radius 3 is 2.46 bits per heavy atom. The molecule has 0 bridgehead atoms. The summed E-state index contributed by atoms with van der Waals surface area (Å²) in [6, 6.07) is 13.4. The lowest BCUT2D eigenvalue weighted by molar-refractivity contribution is -0.137. The van der Waals surface area contributed by atoms with Crippen molar-refractivity contribution in [3.05, 3.63) is 59.7 Å². The Morgan fingerprint density at radius 2 is 1.79 bits per heavy atom. The minimum Gasteiger partial charge on any atom is -0.342 e. The number of rotatable bonds is 2. The first-order chi connectivity index (χ1) is 13.3. The smallest absolute Gasteiger partial charge is 0.342 e. The quantitative estimate of drug-likeness (QED) is 0.721. The molecular weight excluding hydrogens is 365 g/mol. The fraction of sp³-hybridized carbons (Fsp3) is 0.409. The molecule has 2 aliphatic heterocycles. The van der Waals surface area contributed by atoms with Crippen LogP contribution in [0.2, 0.25) is 0 Å². The van der Waals surface area contributed by atoms with Crippen LogP contribution in [0.5, 0.6) is 0 Å². The van der Waals surface area contributed by atoms with Gasteiger partial charge in [-0.1, -0.05) is 25.1 Å². The van der Waals surface area contributed by atoms with Crippen molar-refractivity contribution >= 4 is 17.3 Å². The van der Waals surface area contributed by atoms with Crippen LogP contribution >= 0.6 is 0 Å². The molecule has 1 spiro atoms. The third kappa shape index (κ3) is 3.36. The highest BCUT2D eigenvalue weighted by Gasteiger charge is 2.44. The van der Waals surface area contributed by atoms with E-state index >= 15 is 0 Å². The summed E-state index contributed by atoms with van der Waals surface area (Å²) in [5, 5.41) is 0. The van der Waals surface area contributed by atoms with Crippen LogP contribution in [-0.2, 0) is 17.4 Å². The van der Waals surface area contributed by atoms with Crippen LogP contribution < -0.4 is 4.90 Å². The molecule has 1 amide bonds. The van der Waals surface area contributed by atoms with Gasteiger partial charge >= 0.3 is 6.18 Å². The number of benzene rings is 2. The molecule has 0 saturated carbocycles. The van der Waals surface area contributed by atoms with Gasteiger partial charge in [0.05, 0.1) is 5.56 Å². The predicted molar refractivity (Wildman–Crippen MR) is 103 cm³/mol. The van der Waals surface area contributed by atoms with Gasteiger partial charge in [0.1, 0.15) is 0 Å². The summed E-state index contributed by atoms with van der Waals surface area (Å²) in [6.07, 6.45) is -2.06. The molecule has 0 aromatic heterocycles. The van der Waals surface area contributed by atoms with Crippen LogP contribution in [0.1, 0.15) is 30.9 Å². The number of alkyl halides is 3. The predicted octanol–water partition coefficient (Wildman–Crippen LogP) is 5.03. The SMILES string of the molecule is CCC(=O)N1CC[C@]2(Cc3ccccc3N(c3ccc(C(F)(F)F)cc3)C2)C1. The zero-order valence-electron chi connectivity index (χ0n) is 15.8. The Bertz CT molecular complexity index is 878. The molecule has 0 aliphatic carbocycles. The van der Waals surface area contributed by atoms with Crippen LogP contribution in [0.4, 0.5) is 24.5 Å². The molecule has 1 fully saturated rings. The third-order valence-electron chi connectivity index (χ3n) is 5.94. The van der Waals surface area contributed by atoms with E-state index in [1.807, 2.05) is 30.0 Å². The minimum atomic E-state index is -4.34. The van der Waals surface area contributed by atoms with Gasteiger partial charge in [0.2, 0.25) is 5.91 Å². The fourth-order valence-electron chi connectivity index (χ4n) is 4.51. The van der Waals surface area contributed by atoms with Crippen LogP contribution in [0.15, 0.2) is 48.5 Å². The number of anilines is 2. The molecule has 1 saturated heterocycles. The highest BCUT2D eigenvalue weighted by Crippen LogP contribution is 2.45. The molecule has 0 unspecified atom stereocenters. The number of carbonyl (C=O) groups excluding carboxylic acids is 1. The summed E-state index contributed by atoms with van der Waals surface area (Å²) in [5.74, 6) is 0.164. The molecule has 28 heavy (non-hydrogen) atoms. The number of hydrogen-bond donors (Lipinski definition) is 0. The molecule has 0 radical (unpaired) electrons. The molecule has 6 heteroatoms. The lowest BCUT2D eigenvalue weighted by Crippen LogP contribution is -2.44. The van der Waals surface area contributed by atoms with Gasteiger partial charge < -0.3 is 9.80 Å². The van der Waals surface area contributed by atoms with Crippen LogP contribution in [0, 0.1) is 5.41 Å². The maximum atomic E-state index is 12.9. The fourth-order valence-corrected chi connectivity index (χ4v) is 4.51. The van der Waals surface area contributed by atoms with Crippen molar-refractivity contribution in [3.63, 3.8) is 0 Å². The van der Waals surface area contributed by atoms with Gasteiger partial charge in [-0.05, 0) is 48.7 Å². The van der Waals surface area contributed by atoms with E-state index in [0.29, 0.717) is 19.5 Å². The maximum Gasteiger partial charge on any atom is 0.416 e. The van der Waals surface area contributed by atoms with E-state index < -0.39 is 11.7 Å². The molecular formula is C22H23F3N2O. The highest BCUT2D eigenvalue weighted by molar-refractivity contribution is 5.76.